The van der Waals surface area contributed by atoms with Crippen molar-refractivity contribution in [1.82, 2.24) is 25.0 Å². The standard InChI is InChI=1S/C19H11ClF5N5O4/c20-16-15-17(27-5-26-16)30(6-28-15)8-2-1-7(3-8)4-33-19(32)29-34-18(31)9-10(21)12(23)14(25)13(24)11(9)22/h1-2,5-8H,3-4H2,(H,29,32)/t7-,8+/m0/s1. The normalized spacial score (nSPS) is 17.2. The first-order valence-electron chi connectivity index (χ1n) is 9.35. The number of hydroxylamine groups is 1. The summed E-state index contributed by atoms with van der Waals surface area (Å²) in [5, 5.41) is 0.197. The van der Waals surface area contributed by atoms with Crippen molar-refractivity contribution < 1.29 is 41.1 Å². The molecule has 0 saturated carbocycles. The van der Waals surface area contributed by atoms with Crippen LogP contribution in [0.2, 0.25) is 5.15 Å². The highest BCUT2D eigenvalue weighted by atomic mass is 35.5. The molecule has 2 atom stereocenters. The number of benzene rings is 1. The highest BCUT2D eigenvalue weighted by Gasteiger charge is 2.31. The average Bonchev–Trinajstić information content (AvgIpc) is 3.46. The molecule has 9 nitrogen and oxygen atoms in total. The fraction of sp³-hybridized carbons (Fsp3) is 0.211. The van der Waals surface area contributed by atoms with Crippen LogP contribution in [0, 0.1) is 35.0 Å². The number of halogens is 6. The number of carbonyl (C=O) groups is 2. The summed E-state index contributed by atoms with van der Waals surface area (Å²) < 4.78 is 73.3. The van der Waals surface area contributed by atoms with Gasteiger partial charge in [0.15, 0.2) is 34.1 Å². The maximum absolute atomic E-state index is 13.6. The van der Waals surface area contributed by atoms with Crippen molar-refractivity contribution in [1.29, 1.82) is 0 Å². The van der Waals surface area contributed by atoms with Gasteiger partial charge in [0.1, 0.15) is 17.4 Å². The van der Waals surface area contributed by atoms with Crippen LogP contribution < -0.4 is 5.48 Å². The van der Waals surface area contributed by atoms with Gasteiger partial charge in [-0.05, 0) is 6.42 Å². The lowest BCUT2D eigenvalue weighted by molar-refractivity contribution is 0.0182. The highest BCUT2D eigenvalue weighted by molar-refractivity contribution is 6.33. The van der Waals surface area contributed by atoms with Crippen LogP contribution in [0.3, 0.4) is 0 Å². The second-order valence-corrected chi connectivity index (χ2v) is 7.33. The summed E-state index contributed by atoms with van der Waals surface area (Å²) in [5.41, 5.74) is 0.494. The summed E-state index contributed by atoms with van der Waals surface area (Å²) in [6, 6.07) is -0.181. The molecule has 1 aliphatic rings. The van der Waals surface area contributed by atoms with Crippen molar-refractivity contribution in [2.24, 2.45) is 5.92 Å². The first-order valence-corrected chi connectivity index (χ1v) is 9.73. The number of carbonyl (C=O) groups excluding carboxylic acids is 2. The van der Waals surface area contributed by atoms with Crippen LogP contribution in [0.4, 0.5) is 26.7 Å². The SMILES string of the molecule is O=C(NOC(=O)c1c(F)c(F)c(F)c(F)c1F)OC[C@H]1C=C[C@@H](n2cnc3c(Cl)ncnc32)C1. The molecule has 0 saturated heterocycles. The van der Waals surface area contributed by atoms with E-state index in [0.717, 1.165) is 0 Å². The summed E-state index contributed by atoms with van der Waals surface area (Å²) in [5.74, 6) is -14.2. The monoisotopic (exact) mass is 503 g/mol. The van der Waals surface area contributed by atoms with E-state index in [4.69, 9.17) is 16.3 Å². The number of aromatic nitrogens is 4. The summed E-state index contributed by atoms with van der Waals surface area (Å²) in [6.07, 6.45) is 5.56. The summed E-state index contributed by atoms with van der Waals surface area (Å²) in [7, 11) is 0. The second-order valence-electron chi connectivity index (χ2n) is 6.97. The molecule has 2 heterocycles. The van der Waals surface area contributed by atoms with Gasteiger partial charge in [0.2, 0.25) is 5.82 Å². The van der Waals surface area contributed by atoms with Crippen LogP contribution >= 0.6 is 11.6 Å². The zero-order valence-corrected chi connectivity index (χ0v) is 17.3. The number of ether oxygens (including phenoxy) is 1. The largest absolute Gasteiger partial charge is 0.447 e. The number of amides is 1. The fourth-order valence-electron chi connectivity index (χ4n) is 3.28. The maximum Gasteiger partial charge on any atom is 0.440 e. The molecule has 1 aromatic carbocycles. The first kappa shape index (κ1) is 23.4. The molecule has 3 aromatic rings. The van der Waals surface area contributed by atoms with E-state index in [1.165, 1.54) is 18.1 Å². The van der Waals surface area contributed by atoms with Crippen molar-refractivity contribution in [2.75, 3.05) is 6.61 Å². The van der Waals surface area contributed by atoms with Gasteiger partial charge in [-0.2, -0.15) is 0 Å². The first-order chi connectivity index (χ1) is 16.2. The Kier molecular flexibility index (Phi) is 6.32. The van der Waals surface area contributed by atoms with Crippen molar-refractivity contribution in [2.45, 2.75) is 12.5 Å². The number of nitrogens with zero attached hydrogens (tertiary/aromatic N) is 4. The van der Waals surface area contributed by atoms with Gasteiger partial charge in [-0.15, -0.1) is 5.48 Å². The molecule has 0 bridgehead atoms. The number of fused-ring (bicyclic) bond motifs is 1. The summed E-state index contributed by atoms with van der Waals surface area (Å²) in [4.78, 5) is 39.7. The lowest BCUT2D eigenvalue weighted by atomic mass is 10.1. The van der Waals surface area contributed by atoms with Crippen molar-refractivity contribution >= 4 is 34.8 Å². The Morgan fingerprint density at radius 3 is 2.41 bits per heavy atom. The third kappa shape index (κ3) is 4.23. The van der Waals surface area contributed by atoms with Crippen molar-refractivity contribution in [3.05, 3.63) is 64.6 Å². The Labute approximate surface area is 191 Å². The van der Waals surface area contributed by atoms with Crippen molar-refractivity contribution in [3.63, 3.8) is 0 Å². The van der Waals surface area contributed by atoms with Crippen LogP contribution in [0.15, 0.2) is 24.8 Å². The molecule has 4 rings (SSSR count). The molecule has 0 unspecified atom stereocenters. The topological polar surface area (TPSA) is 108 Å². The molecule has 0 spiro atoms. The van der Waals surface area contributed by atoms with E-state index in [1.807, 2.05) is 6.08 Å². The molecule has 15 heteroatoms. The molecule has 0 aliphatic heterocycles. The zero-order valence-electron chi connectivity index (χ0n) is 16.6. The zero-order chi connectivity index (χ0) is 24.6. The molecule has 178 valence electrons. The Morgan fingerprint density at radius 1 is 1.03 bits per heavy atom. The minimum absolute atomic E-state index is 0.179. The fourth-order valence-corrected chi connectivity index (χ4v) is 3.46. The number of hydrogen-bond acceptors (Lipinski definition) is 7. The molecule has 2 aromatic heterocycles. The number of rotatable bonds is 4. The molecular weight excluding hydrogens is 493 g/mol. The minimum Gasteiger partial charge on any atom is -0.447 e. The van der Waals surface area contributed by atoms with Gasteiger partial charge in [-0.25, -0.2) is 46.5 Å². The van der Waals surface area contributed by atoms with E-state index < -0.39 is 46.7 Å². The number of imidazole rings is 1. The molecule has 34 heavy (non-hydrogen) atoms. The van der Waals surface area contributed by atoms with Gasteiger partial charge in [-0.1, -0.05) is 23.8 Å². The van der Waals surface area contributed by atoms with E-state index in [1.54, 1.807) is 10.6 Å². The van der Waals surface area contributed by atoms with Crippen molar-refractivity contribution in [3.8, 4) is 0 Å². The van der Waals surface area contributed by atoms with E-state index in [-0.39, 0.29) is 23.7 Å². The Morgan fingerprint density at radius 2 is 1.71 bits per heavy atom. The van der Waals surface area contributed by atoms with Gasteiger partial charge in [0, 0.05) is 5.92 Å². The molecule has 1 N–H and O–H groups in total. The Balaban J connectivity index is 1.30. The van der Waals surface area contributed by atoms with Gasteiger partial charge < -0.3 is 14.1 Å². The third-order valence-corrected chi connectivity index (χ3v) is 5.17. The maximum atomic E-state index is 13.6. The Bertz CT molecular complexity index is 1310. The second kappa shape index (κ2) is 9.21. The quantitative estimate of drug-likeness (QED) is 0.144. The van der Waals surface area contributed by atoms with Crippen LogP contribution in [-0.2, 0) is 9.57 Å². The van der Waals surface area contributed by atoms with Gasteiger partial charge in [0.25, 0.3) is 0 Å². The average molecular weight is 504 g/mol. The minimum atomic E-state index is -2.44. The number of allylic oxidation sites excluding steroid dienone is 1. The molecule has 0 radical (unpaired) electrons. The predicted molar refractivity (Wildman–Crippen MR) is 103 cm³/mol. The van der Waals surface area contributed by atoms with Crippen LogP contribution in [-0.4, -0.2) is 38.2 Å². The smallest absolute Gasteiger partial charge is 0.440 e. The van der Waals surface area contributed by atoms with Gasteiger partial charge >= 0.3 is 12.1 Å². The highest BCUT2D eigenvalue weighted by Crippen LogP contribution is 2.31. The van der Waals surface area contributed by atoms with Crippen LogP contribution in [0.25, 0.3) is 11.2 Å². The van der Waals surface area contributed by atoms with E-state index in [9.17, 15) is 31.5 Å². The van der Waals surface area contributed by atoms with Gasteiger partial charge in [-0.3, -0.25) is 0 Å². The lowest BCUT2D eigenvalue weighted by Gasteiger charge is -2.14. The van der Waals surface area contributed by atoms with Crippen LogP contribution in [0.1, 0.15) is 22.8 Å². The predicted octanol–water partition coefficient (Wildman–Crippen LogP) is 3.79. The van der Waals surface area contributed by atoms with E-state index >= 15 is 0 Å². The van der Waals surface area contributed by atoms with E-state index in [0.29, 0.717) is 17.6 Å². The summed E-state index contributed by atoms with van der Waals surface area (Å²) in [6.45, 7) is -0.179. The number of hydrogen-bond donors (Lipinski definition) is 1. The molecule has 1 aliphatic carbocycles. The molecular formula is C19H11ClF5N5O4. The number of nitrogens with one attached hydrogen (secondary N) is 1. The molecule has 0 fully saturated rings. The van der Waals surface area contributed by atoms with Gasteiger partial charge in [0.05, 0.1) is 19.0 Å². The Hall–Kier alpha value is -3.81. The third-order valence-electron chi connectivity index (χ3n) is 4.89. The van der Waals surface area contributed by atoms with E-state index in [2.05, 4.69) is 19.8 Å². The molecule has 1 amide bonds. The lowest BCUT2D eigenvalue weighted by Crippen LogP contribution is -2.30. The summed E-state index contributed by atoms with van der Waals surface area (Å²) >= 11 is 5.98. The van der Waals surface area contributed by atoms with Crippen LogP contribution in [0.5, 0.6) is 0 Å².